The summed E-state index contributed by atoms with van der Waals surface area (Å²) in [5, 5.41) is 11.9. The Hall–Kier alpha value is -2.72. The molecule has 3 heterocycles. The Morgan fingerprint density at radius 2 is 1.94 bits per heavy atom. The van der Waals surface area contributed by atoms with E-state index >= 15 is 4.39 Å². The highest BCUT2D eigenvalue weighted by atomic mass is 35.5. The summed E-state index contributed by atoms with van der Waals surface area (Å²) in [5.74, 6) is 1.67. The number of pyridine rings is 2. The summed E-state index contributed by atoms with van der Waals surface area (Å²) in [6.07, 6.45) is 8.22. The maximum Gasteiger partial charge on any atom is 0.220 e. The number of rotatable bonds is 4. The first-order valence-corrected chi connectivity index (χ1v) is 11.8. The van der Waals surface area contributed by atoms with Crippen LogP contribution in [0.15, 0.2) is 12.3 Å². The second-order valence-corrected chi connectivity index (χ2v) is 10.0. The van der Waals surface area contributed by atoms with Crippen LogP contribution in [0.25, 0.3) is 27.3 Å². The topological polar surface area (TPSA) is 70.8 Å². The number of hydrogen-bond donors (Lipinski definition) is 2. The number of nitrogens with one attached hydrogen (secondary N) is 2. The maximum atomic E-state index is 15.8. The molecule has 0 radical (unpaired) electrons. The molecule has 2 atom stereocenters. The number of aromatic amines is 1. The zero-order valence-electron chi connectivity index (χ0n) is 17.8. The summed E-state index contributed by atoms with van der Waals surface area (Å²) in [7, 11) is 0. The molecule has 7 rings (SSSR count). The van der Waals surface area contributed by atoms with Gasteiger partial charge in [0, 0.05) is 23.2 Å². The zero-order valence-corrected chi connectivity index (χ0v) is 18.6. The maximum absolute atomic E-state index is 15.8. The third-order valence-corrected chi connectivity index (χ3v) is 8.00. The summed E-state index contributed by atoms with van der Waals surface area (Å²) < 4.78 is 15.8. The van der Waals surface area contributed by atoms with Crippen molar-refractivity contribution in [3.63, 3.8) is 0 Å². The number of fused-ring (bicyclic) bond motifs is 4. The van der Waals surface area contributed by atoms with Crippen molar-refractivity contribution in [2.24, 2.45) is 17.8 Å². The standard InChI is InChI=1S/C24H24ClFN6/c1-11-12-3-7-14(8-4-12)19(11)29-24-18(26)17(13-5-6-13)21(27-2)22(30-24)20-16-9-15(25)10-28-23(16)32-31-20/h9-14,19H,3-8H2,1H3,(H,29,30)(H,28,31,32)/t11-,12?,14?,19+/m0/s1. The molecule has 0 amide bonds. The van der Waals surface area contributed by atoms with Gasteiger partial charge in [0.25, 0.3) is 0 Å². The molecule has 4 fully saturated rings. The van der Waals surface area contributed by atoms with Crippen LogP contribution < -0.4 is 5.32 Å². The van der Waals surface area contributed by atoms with Crippen molar-refractivity contribution in [1.82, 2.24) is 20.2 Å². The molecular formula is C24H24ClFN6. The molecule has 4 aliphatic rings. The van der Waals surface area contributed by atoms with Crippen LogP contribution in [-0.4, -0.2) is 26.2 Å². The van der Waals surface area contributed by atoms with Crippen LogP contribution in [0, 0.1) is 30.1 Å². The Bertz CT molecular complexity index is 1250. The van der Waals surface area contributed by atoms with Gasteiger partial charge >= 0.3 is 0 Å². The summed E-state index contributed by atoms with van der Waals surface area (Å²) in [5.41, 5.74) is 2.22. The zero-order chi connectivity index (χ0) is 22.0. The average molecular weight is 451 g/mol. The third kappa shape index (κ3) is 3.07. The Balaban J connectivity index is 1.51. The van der Waals surface area contributed by atoms with Gasteiger partial charge in [-0.15, -0.1) is 0 Å². The molecule has 0 aromatic carbocycles. The fraction of sp³-hybridized carbons (Fsp3) is 0.500. The number of hydrogen-bond acceptors (Lipinski definition) is 4. The largest absolute Gasteiger partial charge is 0.364 e. The molecular weight excluding hydrogens is 427 g/mol. The molecule has 32 heavy (non-hydrogen) atoms. The predicted octanol–water partition coefficient (Wildman–Crippen LogP) is 6.48. The molecule has 2 bridgehead atoms. The van der Waals surface area contributed by atoms with Crippen LogP contribution in [0.1, 0.15) is 56.9 Å². The fourth-order valence-corrected chi connectivity index (χ4v) is 6.07. The molecule has 0 spiro atoms. The summed E-state index contributed by atoms with van der Waals surface area (Å²) in [6.45, 7) is 10.1. The van der Waals surface area contributed by atoms with E-state index in [-0.39, 0.29) is 29.3 Å². The van der Waals surface area contributed by atoms with Crippen LogP contribution in [-0.2, 0) is 0 Å². The SMILES string of the molecule is [C-]#[N+]c1c(-c2[nH]nc3ncc(Cl)cc23)nc(N[C@H]2C3CCC(CC3)[C@@H]2C)c(F)c1C1CC1. The van der Waals surface area contributed by atoms with E-state index in [1.165, 1.54) is 31.9 Å². The van der Waals surface area contributed by atoms with E-state index in [0.29, 0.717) is 50.8 Å². The third-order valence-electron chi connectivity index (χ3n) is 7.80. The monoisotopic (exact) mass is 450 g/mol. The quantitative estimate of drug-likeness (QED) is 0.446. The summed E-state index contributed by atoms with van der Waals surface area (Å²) in [4.78, 5) is 12.7. The fourth-order valence-electron chi connectivity index (χ4n) is 5.91. The van der Waals surface area contributed by atoms with Gasteiger partial charge in [-0.2, -0.15) is 5.10 Å². The molecule has 0 aliphatic heterocycles. The molecule has 4 aliphatic carbocycles. The molecule has 4 saturated carbocycles. The second-order valence-electron chi connectivity index (χ2n) is 9.60. The number of halogens is 2. The van der Waals surface area contributed by atoms with Gasteiger partial charge in [0.15, 0.2) is 17.3 Å². The van der Waals surface area contributed by atoms with Crippen LogP contribution in [0.3, 0.4) is 0 Å². The number of aromatic nitrogens is 4. The molecule has 3 aromatic rings. The van der Waals surface area contributed by atoms with Crippen molar-refractivity contribution >= 4 is 34.1 Å². The molecule has 0 saturated heterocycles. The molecule has 3 aromatic heterocycles. The van der Waals surface area contributed by atoms with Gasteiger partial charge in [0.2, 0.25) is 5.69 Å². The highest BCUT2D eigenvalue weighted by molar-refractivity contribution is 6.31. The van der Waals surface area contributed by atoms with E-state index in [1.807, 2.05) is 0 Å². The van der Waals surface area contributed by atoms with Crippen molar-refractivity contribution in [2.75, 3.05) is 5.32 Å². The van der Waals surface area contributed by atoms with E-state index in [9.17, 15) is 0 Å². The number of H-pyrrole nitrogens is 1. The van der Waals surface area contributed by atoms with E-state index < -0.39 is 0 Å². The van der Waals surface area contributed by atoms with Crippen LogP contribution >= 0.6 is 11.6 Å². The Morgan fingerprint density at radius 1 is 1.19 bits per heavy atom. The Kier molecular flexibility index (Phi) is 4.62. The smallest absolute Gasteiger partial charge is 0.220 e. The Morgan fingerprint density at radius 3 is 2.62 bits per heavy atom. The minimum absolute atomic E-state index is 0.0672. The number of nitrogens with zero attached hydrogens (tertiary/aromatic N) is 4. The van der Waals surface area contributed by atoms with Gasteiger partial charge in [-0.25, -0.2) is 19.2 Å². The first kappa shape index (κ1) is 19.9. The van der Waals surface area contributed by atoms with Crippen molar-refractivity contribution < 1.29 is 4.39 Å². The highest BCUT2D eigenvalue weighted by Crippen LogP contribution is 2.51. The van der Waals surface area contributed by atoms with Gasteiger partial charge in [-0.3, -0.25) is 5.10 Å². The first-order valence-electron chi connectivity index (χ1n) is 11.4. The minimum Gasteiger partial charge on any atom is -0.364 e. The van der Waals surface area contributed by atoms with Crippen molar-refractivity contribution in [1.29, 1.82) is 0 Å². The second kappa shape index (κ2) is 7.41. The van der Waals surface area contributed by atoms with Crippen LogP contribution in [0.5, 0.6) is 0 Å². The average Bonchev–Trinajstić information content (AvgIpc) is 3.56. The van der Waals surface area contributed by atoms with Crippen molar-refractivity contribution in [3.05, 3.63) is 40.1 Å². The molecule has 2 N–H and O–H groups in total. The Labute approximate surface area is 190 Å². The minimum atomic E-state index is -0.365. The molecule has 164 valence electrons. The van der Waals surface area contributed by atoms with Gasteiger partial charge in [-0.05, 0) is 68.3 Å². The van der Waals surface area contributed by atoms with Gasteiger partial charge in [0.05, 0.1) is 23.0 Å². The summed E-state index contributed by atoms with van der Waals surface area (Å²) in [6, 6.07) is 1.96. The molecule has 0 unspecified atom stereocenters. The van der Waals surface area contributed by atoms with E-state index in [4.69, 9.17) is 23.2 Å². The molecule has 8 heteroatoms. The van der Waals surface area contributed by atoms with E-state index in [2.05, 4.69) is 32.3 Å². The van der Waals surface area contributed by atoms with Gasteiger partial charge in [-0.1, -0.05) is 18.5 Å². The normalized spacial score (nSPS) is 26.9. The van der Waals surface area contributed by atoms with E-state index in [1.54, 1.807) is 6.07 Å². The lowest BCUT2D eigenvalue weighted by Crippen LogP contribution is -2.47. The van der Waals surface area contributed by atoms with Crippen molar-refractivity contribution in [2.45, 2.75) is 57.4 Å². The van der Waals surface area contributed by atoms with Crippen LogP contribution in [0.4, 0.5) is 15.9 Å². The summed E-state index contributed by atoms with van der Waals surface area (Å²) >= 11 is 6.18. The molecule has 6 nitrogen and oxygen atoms in total. The lowest BCUT2D eigenvalue weighted by Gasteiger charge is -2.47. The van der Waals surface area contributed by atoms with Crippen molar-refractivity contribution in [3.8, 4) is 11.4 Å². The van der Waals surface area contributed by atoms with Crippen LogP contribution in [0.2, 0.25) is 5.02 Å². The lowest BCUT2D eigenvalue weighted by atomic mass is 9.62. The first-order chi connectivity index (χ1) is 15.5. The predicted molar refractivity (Wildman–Crippen MR) is 122 cm³/mol. The van der Waals surface area contributed by atoms with Gasteiger partial charge in [0.1, 0.15) is 0 Å². The highest BCUT2D eigenvalue weighted by Gasteiger charge is 2.42. The van der Waals surface area contributed by atoms with Gasteiger partial charge < -0.3 is 5.32 Å². The lowest BCUT2D eigenvalue weighted by molar-refractivity contribution is 0.0926. The van der Waals surface area contributed by atoms with E-state index in [0.717, 1.165) is 12.8 Å². The number of anilines is 1.